The van der Waals surface area contributed by atoms with Gasteiger partial charge in [0.25, 0.3) is 0 Å². The highest BCUT2D eigenvalue weighted by molar-refractivity contribution is 5.40. The van der Waals surface area contributed by atoms with E-state index in [0.717, 1.165) is 5.75 Å². The Bertz CT molecular complexity index is 375. The number of nitrogens with two attached hydrogens (primary N) is 1. The molecule has 0 saturated carbocycles. The van der Waals surface area contributed by atoms with Crippen LogP contribution in [0.3, 0.4) is 0 Å². The van der Waals surface area contributed by atoms with Gasteiger partial charge in [0.05, 0.1) is 6.04 Å². The van der Waals surface area contributed by atoms with Crippen molar-refractivity contribution in [1.82, 2.24) is 4.90 Å². The Balaban J connectivity index is 2.72. The van der Waals surface area contributed by atoms with Gasteiger partial charge in [-0.1, -0.05) is 6.07 Å². The Kier molecular flexibility index (Phi) is 4.97. The first-order valence-corrected chi connectivity index (χ1v) is 6.02. The normalized spacial score (nSPS) is 12.9. The van der Waals surface area contributed by atoms with Crippen molar-refractivity contribution in [3.63, 3.8) is 0 Å². The monoisotopic (exact) mass is 236 g/mol. The summed E-state index contributed by atoms with van der Waals surface area (Å²) in [5.41, 5.74) is 9.46. The van der Waals surface area contributed by atoms with Crippen LogP contribution in [-0.2, 0) is 0 Å². The second kappa shape index (κ2) is 6.03. The van der Waals surface area contributed by atoms with E-state index < -0.39 is 0 Å². The Morgan fingerprint density at radius 2 is 1.71 bits per heavy atom. The minimum Gasteiger partial charge on any atom is -0.492 e. The first-order valence-electron chi connectivity index (χ1n) is 6.02. The molecule has 0 saturated heterocycles. The van der Waals surface area contributed by atoms with E-state index >= 15 is 0 Å². The Morgan fingerprint density at radius 3 is 2.24 bits per heavy atom. The van der Waals surface area contributed by atoms with Crippen LogP contribution in [0.2, 0.25) is 0 Å². The van der Waals surface area contributed by atoms with E-state index in [4.69, 9.17) is 10.5 Å². The smallest absolute Gasteiger partial charge is 0.122 e. The van der Waals surface area contributed by atoms with E-state index in [-0.39, 0.29) is 6.04 Å². The number of nitrogens with zero attached hydrogens (tertiary/aromatic N) is 1. The lowest BCUT2D eigenvalue weighted by atomic mass is 10.1. The number of rotatable bonds is 5. The van der Waals surface area contributed by atoms with E-state index in [2.05, 4.69) is 37.8 Å². The number of aryl methyl sites for hydroxylation is 3. The molecule has 0 spiro atoms. The molecule has 1 rings (SSSR count). The van der Waals surface area contributed by atoms with Gasteiger partial charge in [0.15, 0.2) is 0 Å². The van der Waals surface area contributed by atoms with Gasteiger partial charge in [0.2, 0.25) is 0 Å². The van der Waals surface area contributed by atoms with Crippen molar-refractivity contribution >= 4 is 0 Å². The first-order chi connectivity index (χ1) is 7.95. The van der Waals surface area contributed by atoms with E-state index in [1.165, 1.54) is 16.7 Å². The maximum atomic E-state index is 5.87. The molecule has 96 valence electrons. The van der Waals surface area contributed by atoms with Gasteiger partial charge in [-0.2, -0.15) is 0 Å². The third-order valence-corrected chi connectivity index (χ3v) is 3.22. The van der Waals surface area contributed by atoms with Crippen LogP contribution < -0.4 is 10.5 Å². The van der Waals surface area contributed by atoms with Crippen molar-refractivity contribution < 1.29 is 4.74 Å². The average molecular weight is 236 g/mol. The molecule has 1 aromatic carbocycles. The van der Waals surface area contributed by atoms with Crippen molar-refractivity contribution in [3.8, 4) is 5.75 Å². The lowest BCUT2D eigenvalue weighted by Gasteiger charge is -2.23. The Hall–Kier alpha value is -1.06. The predicted octanol–water partition coefficient (Wildman–Crippen LogP) is 1.88. The number of ether oxygens (including phenoxy) is 1. The van der Waals surface area contributed by atoms with Crippen molar-refractivity contribution in [1.29, 1.82) is 0 Å². The molecule has 1 atom stereocenters. The highest BCUT2D eigenvalue weighted by atomic mass is 16.5. The molecule has 3 heteroatoms. The molecule has 2 N–H and O–H groups in total. The molecule has 0 aromatic heterocycles. The Morgan fingerprint density at radius 1 is 1.12 bits per heavy atom. The largest absolute Gasteiger partial charge is 0.492 e. The zero-order valence-corrected chi connectivity index (χ0v) is 11.6. The van der Waals surface area contributed by atoms with Crippen molar-refractivity contribution in [2.24, 2.45) is 5.73 Å². The molecule has 0 radical (unpaired) electrons. The maximum absolute atomic E-state index is 5.87. The summed E-state index contributed by atoms with van der Waals surface area (Å²) in [6, 6.07) is 4.53. The van der Waals surface area contributed by atoms with Gasteiger partial charge in [-0.05, 0) is 57.6 Å². The van der Waals surface area contributed by atoms with E-state index in [1.807, 2.05) is 14.1 Å². The summed E-state index contributed by atoms with van der Waals surface area (Å²) in [5.74, 6) is 0.966. The highest BCUT2D eigenvalue weighted by Gasteiger charge is 2.11. The van der Waals surface area contributed by atoms with Gasteiger partial charge in [-0.3, -0.25) is 0 Å². The number of likely N-dealkylation sites (N-methyl/N-ethyl adjacent to an activating group) is 1. The standard InChI is InChI=1S/C14H24N2O/c1-10-6-12(3)14(7-11(10)2)17-9-13(8-15)16(4)5/h6-7,13H,8-9,15H2,1-5H3. The van der Waals surface area contributed by atoms with E-state index in [0.29, 0.717) is 13.2 Å². The molecule has 0 fully saturated rings. The van der Waals surface area contributed by atoms with Crippen LogP contribution >= 0.6 is 0 Å². The summed E-state index contributed by atoms with van der Waals surface area (Å²) in [4.78, 5) is 2.09. The number of hydrogen-bond acceptors (Lipinski definition) is 3. The molecule has 0 amide bonds. The Labute approximate surface area is 105 Å². The zero-order valence-electron chi connectivity index (χ0n) is 11.6. The summed E-state index contributed by atoms with van der Waals surface area (Å²) < 4.78 is 5.87. The minimum absolute atomic E-state index is 0.260. The van der Waals surface area contributed by atoms with E-state index in [9.17, 15) is 0 Å². The van der Waals surface area contributed by atoms with Gasteiger partial charge < -0.3 is 15.4 Å². The van der Waals surface area contributed by atoms with Crippen LogP contribution in [0.4, 0.5) is 0 Å². The predicted molar refractivity (Wildman–Crippen MR) is 72.7 cm³/mol. The second-order valence-electron chi connectivity index (χ2n) is 4.87. The van der Waals surface area contributed by atoms with Gasteiger partial charge in [-0.25, -0.2) is 0 Å². The lowest BCUT2D eigenvalue weighted by molar-refractivity contribution is 0.189. The lowest BCUT2D eigenvalue weighted by Crippen LogP contribution is -2.39. The molecule has 1 aromatic rings. The fraction of sp³-hybridized carbons (Fsp3) is 0.571. The van der Waals surface area contributed by atoms with Gasteiger partial charge in [0, 0.05) is 6.54 Å². The molecular formula is C14H24N2O. The van der Waals surface area contributed by atoms with E-state index in [1.54, 1.807) is 0 Å². The molecular weight excluding hydrogens is 212 g/mol. The topological polar surface area (TPSA) is 38.5 Å². The van der Waals surface area contributed by atoms with Crippen LogP contribution in [0.15, 0.2) is 12.1 Å². The third kappa shape index (κ3) is 3.72. The molecule has 3 nitrogen and oxygen atoms in total. The third-order valence-electron chi connectivity index (χ3n) is 3.22. The fourth-order valence-corrected chi connectivity index (χ4v) is 1.70. The first kappa shape index (κ1) is 14.0. The molecule has 0 aliphatic rings. The highest BCUT2D eigenvalue weighted by Crippen LogP contribution is 2.22. The number of benzene rings is 1. The average Bonchev–Trinajstić information content (AvgIpc) is 2.25. The SMILES string of the molecule is Cc1cc(C)c(OCC(CN)N(C)C)cc1C. The molecule has 0 heterocycles. The molecule has 0 bridgehead atoms. The van der Waals surface area contributed by atoms with Crippen molar-refractivity contribution in [2.45, 2.75) is 26.8 Å². The summed E-state index contributed by atoms with van der Waals surface area (Å²) in [6.45, 7) is 7.54. The molecule has 0 aliphatic heterocycles. The van der Waals surface area contributed by atoms with Crippen LogP contribution in [0, 0.1) is 20.8 Å². The van der Waals surface area contributed by atoms with Crippen molar-refractivity contribution in [2.75, 3.05) is 27.2 Å². The van der Waals surface area contributed by atoms with Crippen LogP contribution in [0.5, 0.6) is 5.75 Å². The van der Waals surface area contributed by atoms with Crippen molar-refractivity contribution in [3.05, 3.63) is 28.8 Å². The second-order valence-corrected chi connectivity index (χ2v) is 4.87. The molecule has 1 unspecified atom stereocenters. The fourth-order valence-electron chi connectivity index (χ4n) is 1.70. The summed E-state index contributed by atoms with van der Waals surface area (Å²) in [6.07, 6.45) is 0. The van der Waals surface area contributed by atoms with Gasteiger partial charge in [-0.15, -0.1) is 0 Å². The summed E-state index contributed by atoms with van der Waals surface area (Å²) in [5, 5.41) is 0. The maximum Gasteiger partial charge on any atom is 0.122 e. The van der Waals surface area contributed by atoms with Crippen LogP contribution in [0.1, 0.15) is 16.7 Å². The molecule has 17 heavy (non-hydrogen) atoms. The van der Waals surface area contributed by atoms with Crippen LogP contribution in [-0.4, -0.2) is 38.2 Å². The van der Waals surface area contributed by atoms with Gasteiger partial charge in [0.1, 0.15) is 12.4 Å². The number of hydrogen-bond donors (Lipinski definition) is 1. The molecule has 0 aliphatic carbocycles. The zero-order chi connectivity index (χ0) is 13.0. The van der Waals surface area contributed by atoms with Crippen LogP contribution in [0.25, 0.3) is 0 Å². The minimum atomic E-state index is 0.260. The summed E-state index contributed by atoms with van der Waals surface area (Å²) >= 11 is 0. The summed E-state index contributed by atoms with van der Waals surface area (Å²) in [7, 11) is 4.04. The van der Waals surface area contributed by atoms with Gasteiger partial charge >= 0.3 is 0 Å². The quantitative estimate of drug-likeness (QED) is 0.848.